The fourth-order valence-electron chi connectivity index (χ4n) is 2.17. The van der Waals surface area contributed by atoms with Crippen LogP contribution in [0.5, 0.6) is 5.88 Å². The molecular weight excluding hydrogens is 324 g/mol. The standard InChI is InChI=1S/C17H18N4O2S/c1-17(2,18)15(22)21-16-20-12-13(24-16)11(9-19-14(12)23-3)10-7-5-4-6-8-10/h4-9H,18H2,1-3H3,(H,20,21,22). The average molecular weight is 342 g/mol. The number of hydrogen-bond acceptors (Lipinski definition) is 6. The van der Waals surface area contributed by atoms with Crippen molar-refractivity contribution in [1.29, 1.82) is 0 Å². The summed E-state index contributed by atoms with van der Waals surface area (Å²) in [6, 6.07) is 9.89. The van der Waals surface area contributed by atoms with Crippen molar-refractivity contribution in [1.82, 2.24) is 9.97 Å². The highest BCUT2D eigenvalue weighted by atomic mass is 32.1. The molecule has 0 radical (unpaired) electrons. The first-order valence-corrected chi connectivity index (χ1v) is 8.21. The van der Waals surface area contributed by atoms with Crippen molar-refractivity contribution in [3.63, 3.8) is 0 Å². The van der Waals surface area contributed by atoms with Gasteiger partial charge in [-0.25, -0.2) is 9.97 Å². The number of carbonyl (C=O) groups excluding carboxylic acids is 1. The zero-order chi connectivity index (χ0) is 17.3. The second kappa shape index (κ2) is 6.18. The number of hydrogen-bond donors (Lipinski definition) is 2. The van der Waals surface area contributed by atoms with Crippen molar-refractivity contribution >= 4 is 32.6 Å². The first-order chi connectivity index (χ1) is 11.4. The van der Waals surface area contributed by atoms with Crippen molar-refractivity contribution < 1.29 is 9.53 Å². The molecule has 124 valence electrons. The Labute approximate surface area is 143 Å². The molecule has 0 fully saturated rings. The van der Waals surface area contributed by atoms with Gasteiger partial charge in [-0.3, -0.25) is 4.79 Å². The number of thiazole rings is 1. The third kappa shape index (κ3) is 3.08. The smallest absolute Gasteiger partial charge is 0.245 e. The highest BCUT2D eigenvalue weighted by molar-refractivity contribution is 7.23. The number of nitrogens with zero attached hydrogens (tertiary/aromatic N) is 2. The van der Waals surface area contributed by atoms with E-state index in [1.807, 2.05) is 30.3 Å². The molecule has 0 spiro atoms. The Hall–Kier alpha value is -2.51. The molecule has 2 aromatic heterocycles. The van der Waals surface area contributed by atoms with Crippen LogP contribution in [-0.2, 0) is 4.79 Å². The van der Waals surface area contributed by atoms with Gasteiger partial charge in [0.1, 0.15) is 5.52 Å². The number of anilines is 1. The van der Waals surface area contributed by atoms with Crippen molar-refractivity contribution in [3.05, 3.63) is 36.5 Å². The van der Waals surface area contributed by atoms with Crippen molar-refractivity contribution in [2.45, 2.75) is 19.4 Å². The molecule has 0 aliphatic rings. The Kier molecular flexibility index (Phi) is 4.21. The molecule has 1 aromatic carbocycles. The van der Waals surface area contributed by atoms with Gasteiger partial charge in [0.2, 0.25) is 11.8 Å². The van der Waals surface area contributed by atoms with E-state index < -0.39 is 5.54 Å². The van der Waals surface area contributed by atoms with Crippen LogP contribution in [0.3, 0.4) is 0 Å². The number of methoxy groups -OCH3 is 1. The first kappa shape index (κ1) is 16.4. The molecule has 7 heteroatoms. The van der Waals surface area contributed by atoms with Gasteiger partial charge < -0.3 is 15.8 Å². The maximum Gasteiger partial charge on any atom is 0.245 e. The van der Waals surface area contributed by atoms with Crippen LogP contribution in [0.2, 0.25) is 0 Å². The van der Waals surface area contributed by atoms with E-state index in [1.54, 1.807) is 27.2 Å². The zero-order valence-corrected chi connectivity index (χ0v) is 14.5. The topological polar surface area (TPSA) is 90.1 Å². The van der Waals surface area contributed by atoms with Gasteiger partial charge in [-0.2, -0.15) is 0 Å². The quantitative estimate of drug-likeness (QED) is 0.760. The minimum absolute atomic E-state index is 0.297. The highest BCUT2D eigenvalue weighted by Gasteiger charge is 2.24. The number of pyridine rings is 1. The van der Waals surface area contributed by atoms with Crippen LogP contribution < -0.4 is 15.8 Å². The summed E-state index contributed by atoms with van der Waals surface area (Å²) in [5, 5.41) is 3.23. The van der Waals surface area contributed by atoms with Crippen LogP contribution in [0.4, 0.5) is 5.13 Å². The first-order valence-electron chi connectivity index (χ1n) is 7.39. The summed E-state index contributed by atoms with van der Waals surface area (Å²) in [5.41, 5.74) is 7.43. The summed E-state index contributed by atoms with van der Waals surface area (Å²) in [6.45, 7) is 3.29. The number of rotatable bonds is 4. The predicted octanol–water partition coefficient (Wildman–Crippen LogP) is 3.04. The van der Waals surface area contributed by atoms with Crippen LogP contribution in [0, 0.1) is 0 Å². The van der Waals surface area contributed by atoms with Crippen LogP contribution in [0.25, 0.3) is 21.3 Å². The largest absolute Gasteiger partial charge is 0.479 e. The number of nitrogens with two attached hydrogens (primary N) is 1. The Morgan fingerprint density at radius 1 is 1.29 bits per heavy atom. The number of amides is 1. The molecule has 0 unspecified atom stereocenters. The van der Waals surface area contributed by atoms with Crippen molar-refractivity contribution in [3.8, 4) is 17.0 Å². The van der Waals surface area contributed by atoms with E-state index in [9.17, 15) is 4.79 Å². The molecule has 3 rings (SSSR count). The minimum Gasteiger partial charge on any atom is -0.479 e. The Bertz CT molecular complexity index is 885. The van der Waals surface area contributed by atoms with Gasteiger partial charge >= 0.3 is 0 Å². The summed E-state index contributed by atoms with van der Waals surface area (Å²) in [7, 11) is 1.55. The minimum atomic E-state index is -0.984. The molecule has 0 bridgehead atoms. The van der Waals surface area contributed by atoms with Crippen LogP contribution in [0.15, 0.2) is 36.5 Å². The van der Waals surface area contributed by atoms with Gasteiger partial charge in [0.25, 0.3) is 0 Å². The molecule has 0 saturated carbocycles. The summed E-state index contributed by atoms with van der Waals surface area (Å²) in [4.78, 5) is 20.9. The highest BCUT2D eigenvalue weighted by Crippen LogP contribution is 2.38. The number of fused-ring (bicyclic) bond motifs is 1. The van der Waals surface area contributed by atoms with E-state index in [4.69, 9.17) is 10.5 Å². The lowest BCUT2D eigenvalue weighted by Crippen LogP contribution is -2.45. The monoisotopic (exact) mass is 342 g/mol. The molecule has 3 N–H and O–H groups in total. The van der Waals surface area contributed by atoms with E-state index in [1.165, 1.54) is 11.3 Å². The number of aromatic nitrogens is 2. The van der Waals surface area contributed by atoms with Crippen molar-refractivity contribution in [2.24, 2.45) is 5.73 Å². The van der Waals surface area contributed by atoms with Gasteiger partial charge in [0.15, 0.2) is 5.13 Å². The molecule has 0 aliphatic carbocycles. The number of nitrogens with one attached hydrogen (secondary N) is 1. The van der Waals surface area contributed by atoms with Crippen LogP contribution in [0.1, 0.15) is 13.8 Å². The summed E-state index contributed by atoms with van der Waals surface area (Å²) in [5.74, 6) is 0.128. The Morgan fingerprint density at radius 2 is 2.00 bits per heavy atom. The molecule has 3 aromatic rings. The average Bonchev–Trinajstić information content (AvgIpc) is 2.97. The molecule has 0 atom stereocenters. The second-order valence-corrected chi connectivity index (χ2v) is 6.92. The normalized spacial score (nSPS) is 11.5. The third-order valence-corrected chi connectivity index (χ3v) is 4.47. The second-order valence-electron chi connectivity index (χ2n) is 5.92. The summed E-state index contributed by atoms with van der Waals surface area (Å²) >= 11 is 1.37. The van der Waals surface area contributed by atoms with E-state index in [-0.39, 0.29) is 5.91 Å². The maximum atomic E-state index is 12.1. The number of benzene rings is 1. The van der Waals surface area contributed by atoms with E-state index >= 15 is 0 Å². The molecule has 2 heterocycles. The third-order valence-electron chi connectivity index (χ3n) is 3.47. The van der Waals surface area contributed by atoms with Crippen LogP contribution in [-0.4, -0.2) is 28.5 Å². The predicted molar refractivity (Wildman–Crippen MR) is 96.3 cm³/mol. The van der Waals surface area contributed by atoms with E-state index in [2.05, 4.69) is 15.3 Å². The number of carbonyl (C=O) groups is 1. The maximum absolute atomic E-state index is 12.1. The van der Waals surface area contributed by atoms with E-state index in [0.29, 0.717) is 16.5 Å². The van der Waals surface area contributed by atoms with Gasteiger partial charge in [-0.05, 0) is 19.4 Å². The molecule has 0 aliphatic heterocycles. The number of ether oxygens (including phenoxy) is 1. The molecule has 6 nitrogen and oxygen atoms in total. The van der Waals surface area contributed by atoms with Gasteiger partial charge in [0.05, 0.1) is 17.3 Å². The van der Waals surface area contributed by atoms with Crippen LogP contribution >= 0.6 is 11.3 Å². The Balaban J connectivity index is 2.11. The SMILES string of the molecule is COc1ncc(-c2ccccc2)c2sc(NC(=O)C(C)(C)N)nc12. The Morgan fingerprint density at radius 3 is 2.62 bits per heavy atom. The van der Waals surface area contributed by atoms with Gasteiger partial charge in [-0.1, -0.05) is 41.7 Å². The fraction of sp³-hybridized carbons (Fsp3) is 0.235. The molecule has 1 amide bonds. The summed E-state index contributed by atoms with van der Waals surface area (Å²) in [6.07, 6.45) is 1.76. The van der Waals surface area contributed by atoms with Crippen molar-refractivity contribution in [2.75, 3.05) is 12.4 Å². The molecule has 0 saturated heterocycles. The lowest BCUT2D eigenvalue weighted by Gasteiger charge is -2.16. The lowest BCUT2D eigenvalue weighted by atomic mass is 10.1. The lowest BCUT2D eigenvalue weighted by molar-refractivity contribution is -0.120. The van der Waals surface area contributed by atoms with Gasteiger partial charge in [-0.15, -0.1) is 0 Å². The fourth-order valence-corrected chi connectivity index (χ4v) is 3.16. The summed E-state index contributed by atoms with van der Waals surface area (Å²) < 4.78 is 6.20. The van der Waals surface area contributed by atoms with Gasteiger partial charge in [0, 0.05) is 11.8 Å². The molecular formula is C17H18N4O2S. The molecule has 24 heavy (non-hydrogen) atoms. The zero-order valence-electron chi connectivity index (χ0n) is 13.7. The van der Waals surface area contributed by atoms with E-state index in [0.717, 1.165) is 15.8 Å².